The van der Waals surface area contributed by atoms with Gasteiger partial charge in [0.05, 0.1) is 6.10 Å². The minimum absolute atomic E-state index is 0.00773. The summed E-state index contributed by atoms with van der Waals surface area (Å²) in [4.78, 5) is 12.0. The van der Waals surface area contributed by atoms with Crippen LogP contribution in [0.2, 0.25) is 0 Å². The van der Waals surface area contributed by atoms with Crippen molar-refractivity contribution in [3.8, 4) is 0 Å². The van der Waals surface area contributed by atoms with Crippen LogP contribution in [0, 0.1) is 5.41 Å². The molecule has 1 saturated carbocycles. The summed E-state index contributed by atoms with van der Waals surface area (Å²) in [6, 6.07) is 0. The van der Waals surface area contributed by atoms with Crippen LogP contribution in [0.15, 0.2) is 11.1 Å². The van der Waals surface area contributed by atoms with Gasteiger partial charge in [-0.25, -0.2) is 0 Å². The highest BCUT2D eigenvalue weighted by molar-refractivity contribution is 5.93. The van der Waals surface area contributed by atoms with Crippen molar-refractivity contribution in [2.45, 2.75) is 65.9 Å². The molecule has 1 aliphatic carbocycles. The van der Waals surface area contributed by atoms with Gasteiger partial charge >= 0.3 is 0 Å². The van der Waals surface area contributed by atoms with E-state index < -0.39 is 0 Å². The lowest BCUT2D eigenvalue weighted by Gasteiger charge is -2.38. The van der Waals surface area contributed by atoms with E-state index >= 15 is 0 Å². The number of aliphatic hydroxyl groups is 1. The number of allylic oxidation sites excluding steroid dienone is 1. The molecular formula is C15H27NO2. The van der Waals surface area contributed by atoms with Crippen molar-refractivity contribution >= 4 is 5.91 Å². The number of rotatable bonds is 4. The van der Waals surface area contributed by atoms with Gasteiger partial charge in [0.25, 0.3) is 0 Å². The molecule has 1 aliphatic rings. The molecule has 1 amide bonds. The fourth-order valence-corrected chi connectivity index (χ4v) is 2.46. The minimum atomic E-state index is -0.289. The first-order chi connectivity index (χ1) is 8.40. The molecule has 0 aromatic heterocycles. The van der Waals surface area contributed by atoms with Crippen LogP contribution in [0.1, 0.15) is 59.8 Å². The van der Waals surface area contributed by atoms with Crippen molar-refractivity contribution in [3.05, 3.63) is 11.1 Å². The number of amides is 1. The lowest BCUT2D eigenvalue weighted by Crippen LogP contribution is -2.45. The predicted molar refractivity (Wildman–Crippen MR) is 74.3 cm³/mol. The monoisotopic (exact) mass is 253 g/mol. The smallest absolute Gasteiger partial charge is 0.246 e. The number of carbonyl (C=O) groups is 1. The standard InChI is InChI=1S/C15H27NO2/c1-5-11(2)12(3)14(18)16-10-15(4)9-7-6-8-13(15)17/h13,17H,5-10H2,1-4H3,(H,16,18). The normalized spacial score (nSPS) is 29.7. The molecule has 2 unspecified atom stereocenters. The van der Waals surface area contributed by atoms with Crippen molar-refractivity contribution < 1.29 is 9.90 Å². The fourth-order valence-electron chi connectivity index (χ4n) is 2.46. The Morgan fingerprint density at radius 3 is 2.61 bits per heavy atom. The third-order valence-corrected chi connectivity index (χ3v) is 4.44. The van der Waals surface area contributed by atoms with Gasteiger partial charge in [-0.05, 0) is 33.1 Å². The van der Waals surface area contributed by atoms with Gasteiger partial charge in [0.15, 0.2) is 0 Å². The molecule has 0 aromatic rings. The zero-order valence-corrected chi connectivity index (χ0v) is 12.2. The highest BCUT2D eigenvalue weighted by atomic mass is 16.3. The molecule has 3 heteroatoms. The van der Waals surface area contributed by atoms with Crippen LogP contribution in [0.3, 0.4) is 0 Å². The van der Waals surface area contributed by atoms with Gasteiger partial charge in [0.1, 0.15) is 0 Å². The molecule has 0 aliphatic heterocycles. The topological polar surface area (TPSA) is 49.3 Å². The Labute approximate surface area is 111 Å². The van der Waals surface area contributed by atoms with Crippen LogP contribution in [0.4, 0.5) is 0 Å². The first-order valence-electron chi connectivity index (χ1n) is 7.03. The maximum Gasteiger partial charge on any atom is 0.246 e. The molecule has 18 heavy (non-hydrogen) atoms. The largest absolute Gasteiger partial charge is 0.392 e. The third kappa shape index (κ3) is 3.58. The van der Waals surface area contributed by atoms with E-state index in [2.05, 4.69) is 19.2 Å². The number of aliphatic hydroxyl groups excluding tert-OH is 1. The third-order valence-electron chi connectivity index (χ3n) is 4.44. The van der Waals surface area contributed by atoms with Crippen molar-refractivity contribution in [3.63, 3.8) is 0 Å². The number of carbonyl (C=O) groups excluding carboxylic acids is 1. The van der Waals surface area contributed by atoms with Crippen LogP contribution in [0.5, 0.6) is 0 Å². The molecule has 1 fully saturated rings. The van der Waals surface area contributed by atoms with E-state index in [0.29, 0.717) is 6.54 Å². The maximum absolute atomic E-state index is 12.0. The van der Waals surface area contributed by atoms with E-state index in [1.807, 2.05) is 13.8 Å². The molecule has 0 saturated heterocycles. The number of hydrogen-bond donors (Lipinski definition) is 2. The quantitative estimate of drug-likeness (QED) is 0.757. The summed E-state index contributed by atoms with van der Waals surface area (Å²) >= 11 is 0. The van der Waals surface area contributed by atoms with E-state index in [-0.39, 0.29) is 17.4 Å². The highest BCUT2D eigenvalue weighted by Gasteiger charge is 2.35. The van der Waals surface area contributed by atoms with E-state index in [0.717, 1.165) is 43.3 Å². The summed E-state index contributed by atoms with van der Waals surface area (Å²) in [6.07, 6.45) is 4.70. The summed E-state index contributed by atoms with van der Waals surface area (Å²) < 4.78 is 0. The van der Waals surface area contributed by atoms with Crippen LogP contribution < -0.4 is 5.32 Å². The predicted octanol–water partition coefficient (Wildman–Crippen LogP) is 2.79. The average Bonchev–Trinajstić information content (AvgIpc) is 2.38. The lowest BCUT2D eigenvalue weighted by molar-refractivity contribution is -0.118. The zero-order valence-electron chi connectivity index (χ0n) is 12.2. The Kier molecular flexibility index (Phi) is 5.39. The van der Waals surface area contributed by atoms with E-state index in [1.54, 1.807) is 0 Å². The van der Waals surface area contributed by atoms with Gasteiger partial charge in [0.2, 0.25) is 5.91 Å². The van der Waals surface area contributed by atoms with Crippen molar-refractivity contribution in [2.75, 3.05) is 6.54 Å². The fraction of sp³-hybridized carbons (Fsp3) is 0.800. The average molecular weight is 253 g/mol. The first-order valence-corrected chi connectivity index (χ1v) is 7.03. The van der Waals surface area contributed by atoms with Gasteiger partial charge in [-0.15, -0.1) is 0 Å². The molecule has 1 rings (SSSR count). The van der Waals surface area contributed by atoms with Gasteiger partial charge in [-0.2, -0.15) is 0 Å². The van der Waals surface area contributed by atoms with Crippen LogP contribution in [-0.4, -0.2) is 23.7 Å². The van der Waals surface area contributed by atoms with Gasteiger partial charge in [0, 0.05) is 17.5 Å². The van der Waals surface area contributed by atoms with Gasteiger partial charge in [-0.3, -0.25) is 4.79 Å². The summed E-state index contributed by atoms with van der Waals surface area (Å²) in [5, 5.41) is 13.1. The second-order valence-electron chi connectivity index (χ2n) is 5.86. The number of nitrogens with one attached hydrogen (secondary N) is 1. The summed E-state index contributed by atoms with van der Waals surface area (Å²) in [5.74, 6) is 0.00773. The Balaban J connectivity index is 2.57. The Bertz CT molecular complexity index is 335. The van der Waals surface area contributed by atoms with Crippen molar-refractivity contribution in [1.29, 1.82) is 0 Å². The maximum atomic E-state index is 12.0. The summed E-state index contributed by atoms with van der Waals surface area (Å²) in [5.41, 5.74) is 1.78. The molecule has 0 heterocycles. The Hall–Kier alpha value is -0.830. The molecule has 0 spiro atoms. The van der Waals surface area contributed by atoms with Crippen LogP contribution in [0.25, 0.3) is 0 Å². The van der Waals surface area contributed by atoms with E-state index in [4.69, 9.17) is 0 Å². The van der Waals surface area contributed by atoms with Gasteiger partial charge < -0.3 is 10.4 Å². The Morgan fingerprint density at radius 2 is 2.06 bits per heavy atom. The second-order valence-corrected chi connectivity index (χ2v) is 5.86. The summed E-state index contributed by atoms with van der Waals surface area (Å²) in [6.45, 7) is 8.56. The molecule has 104 valence electrons. The van der Waals surface area contributed by atoms with Crippen LogP contribution >= 0.6 is 0 Å². The zero-order chi connectivity index (χ0) is 13.8. The lowest BCUT2D eigenvalue weighted by atomic mass is 9.73. The Morgan fingerprint density at radius 1 is 1.39 bits per heavy atom. The van der Waals surface area contributed by atoms with E-state index in [1.165, 1.54) is 0 Å². The molecule has 2 atom stereocenters. The molecule has 0 aromatic carbocycles. The van der Waals surface area contributed by atoms with E-state index in [9.17, 15) is 9.90 Å². The SMILES string of the molecule is CCC(C)=C(C)C(=O)NCC1(C)CCCCC1O. The molecule has 0 radical (unpaired) electrons. The molecule has 3 nitrogen and oxygen atoms in total. The van der Waals surface area contributed by atoms with Crippen LogP contribution in [-0.2, 0) is 4.79 Å². The highest BCUT2D eigenvalue weighted by Crippen LogP contribution is 2.35. The molecule has 0 bridgehead atoms. The van der Waals surface area contributed by atoms with Gasteiger partial charge in [-0.1, -0.05) is 32.3 Å². The minimum Gasteiger partial charge on any atom is -0.392 e. The summed E-state index contributed by atoms with van der Waals surface area (Å²) in [7, 11) is 0. The number of hydrogen-bond acceptors (Lipinski definition) is 2. The van der Waals surface area contributed by atoms with Crippen molar-refractivity contribution in [2.24, 2.45) is 5.41 Å². The first kappa shape index (κ1) is 15.2. The van der Waals surface area contributed by atoms with Crippen molar-refractivity contribution in [1.82, 2.24) is 5.32 Å². The molecule has 2 N–H and O–H groups in total. The molecular weight excluding hydrogens is 226 g/mol. The second kappa shape index (κ2) is 6.37.